The Bertz CT molecular complexity index is 662. The lowest BCUT2D eigenvalue weighted by Crippen LogP contribution is -2.29. The third-order valence-electron chi connectivity index (χ3n) is 4.86. The molecule has 0 spiro atoms. The molecule has 1 aliphatic heterocycles. The van der Waals surface area contributed by atoms with E-state index >= 15 is 0 Å². The summed E-state index contributed by atoms with van der Waals surface area (Å²) in [6.07, 6.45) is 7.76. The van der Waals surface area contributed by atoms with E-state index in [0.717, 1.165) is 12.8 Å². The fourth-order valence-corrected chi connectivity index (χ4v) is 3.87. The Hall–Kier alpha value is -1.69. The Kier molecular flexibility index (Phi) is 5.66. The van der Waals surface area contributed by atoms with Crippen LogP contribution in [0.1, 0.15) is 36.8 Å². The molecule has 0 aromatic heterocycles. The Labute approximate surface area is 145 Å². The van der Waals surface area contributed by atoms with Gasteiger partial charge in [-0.25, -0.2) is 0 Å². The van der Waals surface area contributed by atoms with Crippen LogP contribution in [-0.2, 0) is 24.2 Å². The van der Waals surface area contributed by atoms with Gasteiger partial charge in [-0.05, 0) is 48.9 Å². The molecule has 0 amide bonds. The highest BCUT2D eigenvalue weighted by molar-refractivity contribution is 7.73. The summed E-state index contributed by atoms with van der Waals surface area (Å²) in [5.41, 5.74) is 5.92. The maximum Gasteiger partial charge on any atom is 0.299 e. The number of fused-ring (bicyclic) bond motifs is 2. The third-order valence-corrected chi connectivity index (χ3v) is 4.86. The van der Waals surface area contributed by atoms with Crippen LogP contribution >= 0.6 is 0 Å². The van der Waals surface area contributed by atoms with Crippen LogP contribution in [0.3, 0.4) is 0 Å². The molecule has 4 nitrogen and oxygen atoms in total. The molecule has 0 atom stereocenters. The standard InChI is InChI=1S/C19H21N.H2O3S/c1-5-11-18-15(7-1)13-14-16-8-2-6-12-19(16)20(18)17-9-3-4-10-17;1-4(2)3/h1-2,5-8,11-12,17H,3-4,9-10,13-14H2;(H2,1,2,3). The molecule has 2 aromatic carbocycles. The van der Waals surface area contributed by atoms with Gasteiger partial charge in [0.25, 0.3) is 11.4 Å². The van der Waals surface area contributed by atoms with E-state index in [1.165, 1.54) is 48.2 Å². The molecule has 2 aromatic rings. The van der Waals surface area contributed by atoms with Crippen molar-refractivity contribution in [2.45, 2.75) is 44.6 Å². The minimum Gasteiger partial charge on any atom is -0.338 e. The molecule has 0 bridgehead atoms. The second kappa shape index (κ2) is 7.92. The van der Waals surface area contributed by atoms with Gasteiger partial charge in [0.1, 0.15) is 0 Å². The van der Waals surface area contributed by atoms with Gasteiger partial charge in [-0.3, -0.25) is 9.11 Å². The van der Waals surface area contributed by atoms with Gasteiger partial charge in [-0.1, -0.05) is 49.2 Å². The zero-order chi connectivity index (χ0) is 16.9. The lowest BCUT2D eigenvalue weighted by Gasteiger charge is -2.32. The Morgan fingerprint density at radius 3 is 1.71 bits per heavy atom. The van der Waals surface area contributed by atoms with Crippen molar-refractivity contribution in [3.05, 3.63) is 59.7 Å². The quantitative estimate of drug-likeness (QED) is 0.745. The Balaban J connectivity index is 0.000000383. The monoisotopic (exact) mass is 345 g/mol. The number of anilines is 2. The molecule has 4 rings (SSSR count). The zero-order valence-corrected chi connectivity index (χ0v) is 14.4. The van der Waals surface area contributed by atoms with E-state index in [4.69, 9.17) is 13.3 Å². The largest absolute Gasteiger partial charge is 0.338 e. The van der Waals surface area contributed by atoms with E-state index < -0.39 is 11.4 Å². The summed E-state index contributed by atoms with van der Waals surface area (Å²) in [4.78, 5) is 2.64. The zero-order valence-electron chi connectivity index (χ0n) is 13.6. The third kappa shape index (κ3) is 3.86. The minimum atomic E-state index is -2.61. The van der Waals surface area contributed by atoms with Crippen molar-refractivity contribution in [2.75, 3.05) is 4.90 Å². The molecule has 1 fully saturated rings. The molecule has 2 N–H and O–H groups in total. The number of hydrogen-bond acceptors (Lipinski definition) is 2. The number of nitrogens with zero attached hydrogens (tertiary/aromatic N) is 1. The molecule has 0 unspecified atom stereocenters. The molecule has 0 saturated heterocycles. The highest BCUT2D eigenvalue weighted by Crippen LogP contribution is 2.41. The first-order chi connectivity index (χ1) is 11.7. The van der Waals surface area contributed by atoms with Crippen molar-refractivity contribution in [1.82, 2.24) is 0 Å². The second-order valence-corrected chi connectivity index (χ2v) is 6.76. The fraction of sp³-hybridized carbons (Fsp3) is 0.368. The first-order valence-electron chi connectivity index (χ1n) is 8.42. The number of rotatable bonds is 1. The van der Waals surface area contributed by atoms with Crippen LogP contribution in [0.15, 0.2) is 48.5 Å². The topological polar surface area (TPSA) is 60.8 Å². The van der Waals surface area contributed by atoms with Gasteiger partial charge in [0.15, 0.2) is 0 Å². The van der Waals surface area contributed by atoms with Crippen LogP contribution in [0.4, 0.5) is 11.4 Å². The first-order valence-corrected chi connectivity index (χ1v) is 9.48. The fourth-order valence-electron chi connectivity index (χ4n) is 3.87. The summed E-state index contributed by atoms with van der Waals surface area (Å²) < 4.78 is 22.8. The summed E-state index contributed by atoms with van der Waals surface area (Å²) in [7, 11) is 0. The molecule has 128 valence electrons. The smallest absolute Gasteiger partial charge is 0.299 e. The minimum absolute atomic E-state index is 0.690. The number of hydrogen-bond donors (Lipinski definition) is 2. The van der Waals surface area contributed by atoms with Crippen LogP contribution in [0.2, 0.25) is 0 Å². The molecule has 2 aliphatic rings. The van der Waals surface area contributed by atoms with Crippen LogP contribution in [0, 0.1) is 0 Å². The van der Waals surface area contributed by atoms with E-state index in [2.05, 4.69) is 53.4 Å². The molecule has 0 radical (unpaired) electrons. The molecule has 5 heteroatoms. The lowest BCUT2D eigenvalue weighted by atomic mass is 10.0. The summed E-state index contributed by atoms with van der Waals surface area (Å²) in [6, 6.07) is 18.7. The van der Waals surface area contributed by atoms with Crippen molar-refractivity contribution in [2.24, 2.45) is 0 Å². The van der Waals surface area contributed by atoms with Gasteiger partial charge in [0.2, 0.25) is 0 Å². The first kappa shape index (κ1) is 17.1. The number of benzene rings is 2. The maximum absolute atomic E-state index is 8.67. The van der Waals surface area contributed by atoms with Crippen molar-refractivity contribution < 1.29 is 13.3 Å². The van der Waals surface area contributed by atoms with Gasteiger partial charge in [0, 0.05) is 17.4 Å². The van der Waals surface area contributed by atoms with E-state index in [0.29, 0.717) is 6.04 Å². The Morgan fingerprint density at radius 2 is 1.25 bits per heavy atom. The van der Waals surface area contributed by atoms with Crippen LogP contribution < -0.4 is 4.90 Å². The summed E-state index contributed by atoms with van der Waals surface area (Å²) in [6.45, 7) is 0. The lowest BCUT2D eigenvalue weighted by molar-refractivity contribution is 0.454. The van der Waals surface area contributed by atoms with Crippen LogP contribution in [0.5, 0.6) is 0 Å². The van der Waals surface area contributed by atoms with Gasteiger partial charge in [0.05, 0.1) is 0 Å². The SMILES string of the molecule is O=S(O)O.c1ccc2c(c1)CCc1ccccc1N2C1CCCC1. The average molecular weight is 345 g/mol. The van der Waals surface area contributed by atoms with E-state index in [1.54, 1.807) is 0 Å². The van der Waals surface area contributed by atoms with Crippen molar-refractivity contribution in [3.8, 4) is 0 Å². The predicted octanol–water partition coefficient (Wildman–Crippen LogP) is 4.55. The average Bonchev–Trinajstić information content (AvgIpc) is 3.03. The van der Waals surface area contributed by atoms with Crippen LogP contribution in [0.25, 0.3) is 0 Å². The molecular formula is C19H23NO3S. The van der Waals surface area contributed by atoms with E-state index in [-0.39, 0.29) is 0 Å². The highest BCUT2D eigenvalue weighted by atomic mass is 32.2. The van der Waals surface area contributed by atoms with Gasteiger partial charge < -0.3 is 4.90 Å². The van der Waals surface area contributed by atoms with Gasteiger partial charge in [-0.2, -0.15) is 4.21 Å². The number of aryl methyl sites for hydroxylation is 2. The summed E-state index contributed by atoms with van der Waals surface area (Å²) in [5.74, 6) is 0. The molecule has 1 aliphatic carbocycles. The van der Waals surface area contributed by atoms with E-state index in [1.807, 2.05) is 0 Å². The molecular weight excluding hydrogens is 322 g/mol. The second-order valence-electron chi connectivity index (χ2n) is 6.30. The van der Waals surface area contributed by atoms with Crippen molar-refractivity contribution in [3.63, 3.8) is 0 Å². The Morgan fingerprint density at radius 1 is 0.833 bits per heavy atom. The highest BCUT2D eigenvalue weighted by Gasteiger charge is 2.28. The number of para-hydroxylation sites is 2. The van der Waals surface area contributed by atoms with Gasteiger partial charge in [-0.15, -0.1) is 0 Å². The van der Waals surface area contributed by atoms with Crippen molar-refractivity contribution in [1.29, 1.82) is 0 Å². The maximum atomic E-state index is 8.67. The molecule has 1 heterocycles. The van der Waals surface area contributed by atoms with Crippen molar-refractivity contribution >= 4 is 22.7 Å². The predicted molar refractivity (Wildman–Crippen MR) is 98.1 cm³/mol. The van der Waals surface area contributed by atoms with E-state index in [9.17, 15) is 0 Å². The summed E-state index contributed by atoms with van der Waals surface area (Å²) in [5, 5.41) is 0. The molecule has 24 heavy (non-hydrogen) atoms. The molecule has 1 saturated carbocycles. The normalized spacial score (nSPS) is 16.9. The van der Waals surface area contributed by atoms with Gasteiger partial charge >= 0.3 is 0 Å². The van der Waals surface area contributed by atoms with Crippen LogP contribution in [-0.4, -0.2) is 19.4 Å². The summed E-state index contributed by atoms with van der Waals surface area (Å²) >= 11 is -2.61.